The summed E-state index contributed by atoms with van der Waals surface area (Å²) in [6.07, 6.45) is 5.63. The molecule has 118 valence electrons. The molecule has 1 aromatic rings. The third kappa shape index (κ3) is 4.45. The summed E-state index contributed by atoms with van der Waals surface area (Å²) >= 11 is 0. The van der Waals surface area contributed by atoms with Crippen molar-refractivity contribution in [2.45, 2.75) is 39.2 Å². The number of hydrogen-bond donors (Lipinski definition) is 1. The van der Waals surface area contributed by atoms with Crippen molar-refractivity contribution in [2.75, 3.05) is 6.61 Å². The van der Waals surface area contributed by atoms with Crippen LogP contribution in [0.3, 0.4) is 0 Å². The van der Waals surface area contributed by atoms with Crippen molar-refractivity contribution < 1.29 is 14.3 Å². The quantitative estimate of drug-likeness (QED) is 0.640. The monoisotopic (exact) mass is 301 g/mol. The molecule has 1 aromatic carbocycles. The van der Waals surface area contributed by atoms with Crippen LogP contribution in [0.25, 0.3) is 0 Å². The Morgan fingerprint density at radius 2 is 1.86 bits per heavy atom. The van der Waals surface area contributed by atoms with Gasteiger partial charge in [0.15, 0.2) is 0 Å². The summed E-state index contributed by atoms with van der Waals surface area (Å²) in [5.74, 6) is -0.276. The first-order valence-corrected chi connectivity index (χ1v) is 7.65. The van der Waals surface area contributed by atoms with Crippen LogP contribution in [0.2, 0.25) is 0 Å². The molecular weight excluding hydrogens is 278 g/mol. The fourth-order valence-electron chi connectivity index (χ4n) is 2.32. The number of nitrogens with one attached hydrogen (secondary N) is 1. The fraction of sp³-hybridized carbons (Fsp3) is 0.444. The molecule has 1 N–H and O–H groups in total. The van der Waals surface area contributed by atoms with Gasteiger partial charge in [0.25, 0.3) is 0 Å². The lowest BCUT2D eigenvalue weighted by Gasteiger charge is -2.25. The standard InChI is InChI=1S/C18H23NO3/c1-18(2)12-8-4-7-11-16(20)19-15(13-22-17(18)21)14-9-5-3-6-10-14/h3-6,8-10,15H,7,11-13H2,1-2H3,(H,19,20)/b8-4+/t15-/m0/s1. The van der Waals surface area contributed by atoms with Crippen LogP contribution in [0.4, 0.5) is 0 Å². The molecule has 0 unspecified atom stereocenters. The Hall–Kier alpha value is -2.10. The number of hydrogen-bond acceptors (Lipinski definition) is 3. The van der Waals surface area contributed by atoms with Crippen LogP contribution in [-0.4, -0.2) is 18.5 Å². The lowest BCUT2D eigenvalue weighted by atomic mass is 9.89. The summed E-state index contributed by atoms with van der Waals surface area (Å²) in [7, 11) is 0. The van der Waals surface area contributed by atoms with Crippen molar-refractivity contribution in [1.82, 2.24) is 5.32 Å². The largest absolute Gasteiger partial charge is 0.463 e. The number of cyclic esters (lactones) is 1. The maximum Gasteiger partial charge on any atom is 0.311 e. The third-order valence-electron chi connectivity index (χ3n) is 3.80. The zero-order chi connectivity index (χ0) is 16.0. The van der Waals surface area contributed by atoms with Crippen LogP contribution in [0.1, 0.15) is 44.7 Å². The van der Waals surface area contributed by atoms with Crippen molar-refractivity contribution in [1.29, 1.82) is 0 Å². The van der Waals surface area contributed by atoms with Crippen LogP contribution in [0.5, 0.6) is 0 Å². The van der Waals surface area contributed by atoms with Gasteiger partial charge in [0.05, 0.1) is 11.5 Å². The Morgan fingerprint density at radius 1 is 1.14 bits per heavy atom. The average molecular weight is 301 g/mol. The average Bonchev–Trinajstić information content (AvgIpc) is 2.50. The van der Waals surface area contributed by atoms with E-state index in [-0.39, 0.29) is 24.5 Å². The van der Waals surface area contributed by atoms with Gasteiger partial charge in [0.2, 0.25) is 5.91 Å². The van der Waals surface area contributed by atoms with E-state index < -0.39 is 5.41 Å². The van der Waals surface area contributed by atoms with Crippen molar-refractivity contribution in [2.24, 2.45) is 5.41 Å². The van der Waals surface area contributed by atoms with Gasteiger partial charge in [-0.05, 0) is 32.3 Å². The molecule has 1 aliphatic rings. The zero-order valence-corrected chi connectivity index (χ0v) is 13.2. The highest BCUT2D eigenvalue weighted by molar-refractivity contribution is 5.77. The number of ether oxygens (including phenoxy) is 1. The molecule has 0 aliphatic carbocycles. The molecule has 1 aliphatic heterocycles. The number of rotatable bonds is 1. The maximum absolute atomic E-state index is 12.2. The first-order chi connectivity index (χ1) is 10.5. The Balaban J connectivity index is 2.18. The molecule has 0 saturated carbocycles. The molecule has 0 fully saturated rings. The second kappa shape index (κ2) is 7.25. The Kier molecular flexibility index (Phi) is 5.36. The minimum Gasteiger partial charge on any atom is -0.463 e. The lowest BCUT2D eigenvalue weighted by molar-refractivity contribution is -0.155. The Bertz CT molecular complexity index is 549. The number of carbonyl (C=O) groups excluding carboxylic acids is 2. The van der Waals surface area contributed by atoms with E-state index in [9.17, 15) is 9.59 Å². The van der Waals surface area contributed by atoms with Gasteiger partial charge in [0.1, 0.15) is 6.61 Å². The minimum atomic E-state index is -0.555. The van der Waals surface area contributed by atoms with E-state index in [1.54, 1.807) is 0 Å². The number of allylic oxidation sites excluding steroid dienone is 2. The molecule has 0 bridgehead atoms. The molecule has 1 atom stereocenters. The second-order valence-electron chi connectivity index (χ2n) is 6.23. The van der Waals surface area contributed by atoms with Gasteiger partial charge in [-0.25, -0.2) is 0 Å². The predicted octanol–water partition coefficient (Wildman–Crippen LogP) is 3.15. The topological polar surface area (TPSA) is 55.4 Å². The van der Waals surface area contributed by atoms with Gasteiger partial charge in [-0.3, -0.25) is 9.59 Å². The van der Waals surface area contributed by atoms with Gasteiger partial charge in [0, 0.05) is 6.42 Å². The molecule has 4 heteroatoms. The summed E-state index contributed by atoms with van der Waals surface area (Å²) in [6.45, 7) is 3.91. The smallest absolute Gasteiger partial charge is 0.311 e. The lowest BCUT2D eigenvalue weighted by Crippen LogP contribution is -2.34. The van der Waals surface area contributed by atoms with Gasteiger partial charge in [-0.1, -0.05) is 42.5 Å². The molecule has 2 rings (SSSR count). The molecule has 0 saturated heterocycles. The molecule has 22 heavy (non-hydrogen) atoms. The molecule has 4 nitrogen and oxygen atoms in total. The van der Waals surface area contributed by atoms with Gasteiger partial charge in [-0.15, -0.1) is 0 Å². The predicted molar refractivity (Wildman–Crippen MR) is 85.1 cm³/mol. The molecule has 0 spiro atoms. The normalized spacial score (nSPS) is 24.4. The van der Waals surface area contributed by atoms with Crippen molar-refractivity contribution in [3.63, 3.8) is 0 Å². The van der Waals surface area contributed by atoms with Crippen LogP contribution < -0.4 is 5.32 Å². The van der Waals surface area contributed by atoms with Crippen LogP contribution >= 0.6 is 0 Å². The van der Waals surface area contributed by atoms with Gasteiger partial charge >= 0.3 is 5.97 Å². The van der Waals surface area contributed by atoms with E-state index in [1.165, 1.54) is 0 Å². The summed E-state index contributed by atoms with van der Waals surface area (Å²) < 4.78 is 5.46. The zero-order valence-electron chi connectivity index (χ0n) is 13.2. The van der Waals surface area contributed by atoms with Crippen molar-refractivity contribution in [3.8, 4) is 0 Å². The Morgan fingerprint density at radius 3 is 2.59 bits per heavy atom. The number of amides is 1. The first-order valence-electron chi connectivity index (χ1n) is 7.65. The highest BCUT2D eigenvalue weighted by Crippen LogP contribution is 2.25. The van der Waals surface area contributed by atoms with Crippen molar-refractivity contribution >= 4 is 11.9 Å². The van der Waals surface area contributed by atoms with E-state index in [0.717, 1.165) is 5.56 Å². The number of carbonyl (C=O) groups is 2. The van der Waals surface area contributed by atoms with Crippen molar-refractivity contribution in [3.05, 3.63) is 48.0 Å². The highest BCUT2D eigenvalue weighted by atomic mass is 16.5. The van der Waals surface area contributed by atoms with E-state index in [2.05, 4.69) is 5.32 Å². The summed E-state index contributed by atoms with van der Waals surface area (Å²) in [6, 6.07) is 9.28. The van der Waals surface area contributed by atoms with Gasteiger partial charge in [-0.2, -0.15) is 0 Å². The van der Waals surface area contributed by atoms with E-state index in [1.807, 2.05) is 56.3 Å². The third-order valence-corrected chi connectivity index (χ3v) is 3.80. The van der Waals surface area contributed by atoms with Gasteiger partial charge < -0.3 is 10.1 Å². The van der Waals surface area contributed by atoms with E-state index in [4.69, 9.17) is 4.74 Å². The molecule has 0 aromatic heterocycles. The van der Waals surface area contributed by atoms with Crippen LogP contribution in [0, 0.1) is 5.41 Å². The summed E-state index contributed by atoms with van der Waals surface area (Å²) in [5.41, 5.74) is 0.384. The number of benzene rings is 1. The van der Waals surface area contributed by atoms with Crippen LogP contribution in [-0.2, 0) is 14.3 Å². The molecule has 1 amide bonds. The van der Waals surface area contributed by atoms with E-state index in [0.29, 0.717) is 19.3 Å². The first kappa shape index (κ1) is 16.3. The van der Waals surface area contributed by atoms with Crippen LogP contribution in [0.15, 0.2) is 42.5 Å². The minimum absolute atomic E-state index is 0.0330. The number of esters is 1. The second-order valence-corrected chi connectivity index (χ2v) is 6.23. The summed E-state index contributed by atoms with van der Waals surface area (Å²) in [4.78, 5) is 24.2. The maximum atomic E-state index is 12.2. The summed E-state index contributed by atoms with van der Waals surface area (Å²) in [5, 5.41) is 2.95. The SMILES string of the molecule is CC1(C)C/C=C/CCC(=O)N[C@H](c2ccccc2)COC1=O. The Labute approximate surface area is 131 Å². The molecule has 1 heterocycles. The van der Waals surface area contributed by atoms with E-state index >= 15 is 0 Å². The molecule has 0 radical (unpaired) electrons. The molecular formula is C18H23NO3. The highest BCUT2D eigenvalue weighted by Gasteiger charge is 2.29. The fourth-order valence-corrected chi connectivity index (χ4v) is 2.32.